The molecule has 0 aliphatic carbocycles. The first-order valence-electron chi connectivity index (χ1n) is 10.9. The normalized spacial score (nSPS) is 17.5. The summed E-state index contributed by atoms with van der Waals surface area (Å²) in [5.74, 6) is 0.492. The smallest absolute Gasteiger partial charge is 0.410 e. The average Bonchev–Trinajstić information content (AvgIpc) is 2.97. The van der Waals surface area contributed by atoms with Gasteiger partial charge in [0, 0.05) is 25.0 Å². The lowest BCUT2D eigenvalue weighted by Gasteiger charge is -2.26. The molecule has 4 rings (SSSR count). The summed E-state index contributed by atoms with van der Waals surface area (Å²) in [6.07, 6.45) is 7.40. The first-order chi connectivity index (χ1) is 14.8. The van der Waals surface area contributed by atoms with E-state index in [1.165, 1.54) is 0 Å². The van der Waals surface area contributed by atoms with Gasteiger partial charge in [0.25, 0.3) is 0 Å². The van der Waals surface area contributed by atoms with E-state index in [0.29, 0.717) is 10.9 Å². The minimum Gasteiger partial charge on any atom is -0.444 e. The number of pyridine rings is 2. The van der Waals surface area contributed by atoms with Crippen LogP contribution in [-0.2, 0) is 11.2 Å². The summed E-state index contributed by atoms with van der Waals surface area (Å²) >= 11 is 6.17. The maximum Gasteiger partial charge on any atom is 0.410 e. The standard InChI is InChI=1S/C24H29ClN4O2/c1-24(2,3)31-23(30)28-12-5-6-17(11-13-28)14-19-7-4-8-20(27-19)21-15-26-22-10-9-18(25)16-29(21)22/h4,7-10,15-17H,5-6,11-14H2,1-3H3. The molecular formula is C24H29ClN4O2. The van der Waals surface area contributed by atoms with E-state index in [4.69, 9.17) is 21.3 Å². The molecule has 0 aromatic carbocycles. The van der Waals surface area contributed by atoms with Crippen LogP contribution in [0, 0.1) is 5.92 Å². The minimum atomic E-state index is -0.463. The quantitative estimate of drug-likeness (QED) is 0.529. The lowest BCUT2D eigenvalue weighted by Crippen LogP contribution is -2.37. The Labute approximate surface area is 188 Å². The van der Waals surface area contributed by atoms with Gasteiger partial charge in [-0.15, -0.1) is 0 Å². The van der Waals surface area contributed by atoms with Crippen LogP contribution in [0.15, 0.2) is 42.7 Å². The van der Waals surface area contributed by atoms with Gasteiger partial charge in [0.05, 0.1) is 22.6 Å². The third-order valence-corrected chi connectivity index (χ3v) is 5.76. The number of fused-ring (bicyclic) bond motifs is 1. The Bertz CT molecular complexity index is 1070. The van der Waals surface area contributed by atoms with Crippen LogP contribution in [-0.4, -0.2) is 44.1 Å². The monoisotopic (exact) mass is 440 g/mol. The summed E-state index contributed by atoms with van der Waals surface area (Å²) in [7, 11) is 0. The average molecular weight is 441 g/mol. The Morgan fingerprint density at radius 2 is 2.03 bits per heavy atom. The van der Waals surface area contributed by atoms with Crippen LogP contribution in [0.4, 0.5) is 4.79 Å². The molecular weight excluding hydrogens is 412 g/mol. The van der Waals surface area contributed by atoms with Gasteiger partial charge in [-0.3, -0.25) is 9.38 Å². The van der Waals surface area contributed by atoms with Crippen LogP contribution < -0.4 is 0 Å². The molecule has 1 fully saturated rings. The molecule has 4 heterocycles. The molecule has 7 heteroatoms. The molecule has 1 aliphatic rings. The fourth-order valence-corrected chi connectivity index (χ4v) is 4.21. The van der Waals surface area contributed by atoms with E-state index in [0.717, 1.165) is 61.5 Å². The molecule has 0 spiro atoms. The van der Waals surface area contributed by atoms with Crippen LogP contribution >= 0.6 is 11.6 Å². The Morgan fingerprint density at radius 1 is 1.19 bits per heavy atom. The highest BCUT2D eigenvalue weighted by molar-refractivity contribution is 6.30. The van der Waals surface area contributed by atoms with Crippen molar-refractivity contribution in [1.29, 1.82) is 0 Å². The molecule has 3 aromatic rings. The number of rotatable bonds is 3. The molecule has 1 atom stereocenters. The largest absolute Gasteiger partial charge is 0.444 e. The lowest BCUT2D eigenvalue weighted by atomic mass is 9.95. The third-order valence-electron chi connectivity index (χ3n) is 5.54. The summed E-state index contributed by atoms with van der Waals surface area (Å²) in [6.45, 7) is 7.19. The van der Waals surface area contributed by atoms with Crippen LogP contribution in [0.5, 0.6) is 0 Å². The Balaban J connectivity index is 1.44. The predicted molar refractivity (Wildman–Crippen MR) is 122 cm³/mol. The van der Waals surface area contributed by atoms with Gasteiger partial charge in [-0.05, 0) is 76.6 Å². The predicted octanol–water partition coefficient (Wildman–Crippen LogP) is 5.63. The van der Waals surface area contributed by atoms with E-state index >= 15 is 0 Å². The van der Waals surface area contributed by atoms with Crippen molar-refractivity contribution in [2.24, 2.45) is 5.92 Å². The zero-order chi connectivity index (χ0) is 22.0. The third kappa shape index (κ3) is 5.37. The highest BCUT2D eigenvalue weighted by Gasteiger charge is 2.25. The molecule has 1 unspecified atom stereocenters. The zero-order valence-corrected chi connectivity index (χ0v) is 19.1. The number of ether oxygens (including phenoxy) is 1. The molecule has 0 saturated carbocycles. The van der Waals surface area contributed by atoms with Gasteiger partial charge in [0.2, 0.25) is 0 Å². The Morgan fingerprint density at radius 3 is 2.84 bits per heavy atom. The van der Waals surface area contributed by atoms with E-state index in [-0.39, 0.29) is 6.09 Å². The van der Waals surface area contributed by atoms with E-state index in [1.54, 1.807) is 0 Å². The molecule has 0 radical (unpaired) electrons. The first kappa shape index (κ1) is 21.6. The van der Waals surface area contributed by atoms with Crippen molar-refractivity contribution in [3.05, 3.63) is 53.4 Å². The second kappa shape index (κ2) is 8.87. The van der Waals surface area contributed by atoms with Crippen LogP contribution in [0.1, 0.15) is 45.7 Å². The van der Waals surface area contributed by atoms with Crippen molar-refractivity contribution >= 4 is 23.3 Å². The highest BCUT2D eigenvalue weighted by atomic mass is 35.5. The van der Waals surface area contributed by atoms with Gasteiger partial charge in [0.1, 0.15) is 11.2 Å². The van der Waals surface area contributed by atoms with Gasteiger partial charge in [-0.1, -0.05) is 17.7 Å². The second-order valence-corrected chi connectivity index (χ2v) is 9.64. The number of aromatic nitrogens is 3. The first-order valence-corrected chi connectivity index (χ1v) is 11.2. The van der Waals surface area contributed by atoms with Gasteiger partial charge >= 0.3 is 6.09 Å². The number of nitrogens with zero attached hydrogens (tertiary/aromatic N) is 4. The lowest BCUT2D eigenvalue weighted by molar-refractivity contribution is 0.0255. The molecule has 1 saturated heterocycles. The highest BCUT2D eigenvalue weighted by Crippen LogP contribution is 2.25. The summed E-state index contributed by atoms with van der Waals surface area (Å²) < 4.78 is 7.51. The molecule has 1 amide bonds. The summed E-state index contributed by atoms with van der Waals surface area (Å²) in [6, 6.07) is 9.87. The second-order valence-electron chi connectivity index (χ2n) is 9.20. The van der Waals surface area contributed by atoms with Crippen LogP contribution in [0.2, 0.25) is 5.02 Å². The van der Waals surface area contributed by atoms with Crippen LogP contribution in [0.25, 0.3) is 17.0 Å². The summed E-state index contributed by atoms with van der Waals surface area (Å²) in [5, 5.41) is 0.663. The Hall–Kier alpha value is -2.60. The Kier molecular flexibility index (Phi) is 6.19. The van der Waals surface area contributed by atoms with E-state index < -0.39 is 5.60 Å². The molecule has 3 aromatic heterocycles. The van der Waals surface area contributed by atoms with Crippen LogP contribution in [0.3, 0.4) is 0 Å². The molecule has 0 N–H and O–H groups in total. The van der Waals surface area contributed by atoms with Crippen molar-refractivity contribution < 1.29 is 9.53 Å². The number of carbonyl (C=O) groups is 1. The van der Waals surface area contributed by atoms with Crippen molar-refractivity contribution in [1.82, 2.24) is 19.3 Å². The molecule has 0 bridgehead atoms. The zero-order valence-electron chi connectivity index (χ0n) is 18.3. The van der Waals surface area contributed by atoms with E-state index in [2.05, 4.69) is 11.1 Å². The number of hydrogen-bond acceptors (Lipinski definition) is 4. The van der Waals surface area contributed by atoms with Gasteiger partial charge in [-0.25, -0.2) is 9.78 Å². The SMILES string of the molecule is CC(C)(C)OC(=O)N1CCCC(Cc2cccc(-c3cnc4ccc(Cl)cn34)n2)CC1. The number of carbonyl (C=O) groups excluding carboxylic acids is 1. The number of imidazole rings is 1. The number of likely N-dealkylation sites (tertiary alicyclic amines) is 1. The van der Waals surface area contributed by atoms with Gasteiger partial charge in [0.15, 0.2) is 0 Å². The maximum atomic E-state index is 12.4. The molecule has 31 heavy (non-hydrogen) atoms. The number of amides is 1. The maximum absolute atomic E-state index is 12.4. The van der Waals surface area contributed by atoms with E-state index in [9.17, 15) is 4.79 Å². The summed E-state index contributed by atoms with van der Waals surface area (Å²) in [5.41, 5.74) is 3.25. The van der Waals surface area contributed by atoms with Gasteiger partial charge in [-0.2, -0.15) is 0 Å². The van der Waals surface area contributed by atoms with Crippen molar-refractivity contribution in [3.63, 3.8) is 0 Å². The molecule has 164 valence electrons. The van der Waals surface area contributed by atoms with Gasteiger partial charge < -0.3 is 9.64 Å². The number of hydrogen-bond donors (Lipinski definition) is 0. The number of halogens is 1. The molecule has 1 aliphatic heterocycles. The topological polar surface area (TPSA) is 59.7 Å². The van der Waals surface area contributed by atoms with Crippen molar-refractivity contribution in [2.45, 2.75) is 52.1 Å². The van der Waals surface area contributed by atoms with Crippen molar-refractivity contribution in [2.75, 3.05) is 13.1 Å². The van der Waals surface area contributed by atoms with E-state index in [1.807, 2.05) is 66.7 Å². The fraction of sp³-hybridized carbons (Fsp3) is 0.458. The molecule has 6 nitrogen and oxygen atoms in total. The minimum absolute atomic E-state index is 0.209. The summed E-state index contributed by atoms with van der Waals surface area (Å²) in [4.78, 5) is 23.6. The van der Waals surface area contributed by atoms with Crippen molar-refractivity contribution in [3.8, 4) is 11.4 Å². The fourth-order valence-electron chi connectivity index (χ4n) is 4.05.